The van der Waals surface area contributed by atoms with Gasteiger partial charge in [-0.2, -0.15) is 0 Å². The van der Waals surface area contributed by atoms with Crippen molar-refractivity contribution in [3.05, 3.63) is 29.3 Å². The summed E-state index contributed by atoms with van der Waals surface area (Å²) in [7, 11) is 0. The zero-order valence-electron chi connectivity index (χ0n) is 10.3. The molecular formula is C13H19N3O2. The first-order valence-electron chi connectivity index (χ1n) is 6.16. The SMILES string of the molecule is NCCC(O)CN1C(=O)Cc2cc(CN)ccc21. The second-order valence-electron chi connectivity index (χ2n) is 4.58. The maximum Gasteiger partial charge on any atom is 0.231 e. The van der Waals surface area contributed by atoms with Crippen molar-refractivity contribution in [3.63, 3.8) is 0 Å². The second kappa shape index (κ2) is 5.48. The molecule has 1 unspecified atom stereocenters. The van der Waals surface area contributed by atoms with Crippen molar-refractivity contribution in [1.82, 2.24) is 0 Å². The summed E-state index contributed by atoms with van der Waals surface area (Å²) in [5, 5.41) is 9.76. The Labute approximate surface area is 106 Å². The lowest BCUT2D eigenvalue weighted by Gasteiger charge is -2.21. The summed E-state index contributed by atoms with van der Waals surface area (Å²) < 4.78 is 0. The van der Waals surface area contributed by atoms with Gasteiger partial charge in [0.15, 0.2) is 0 Å². The van der Waals surface area contributed by atoms with Gasteiger partial charge in [0.05, 0.1) is 19.1 Å². The van der Waals surface area contributed by atoms with Gasteiger partial charge in [0.2, 0.25) is 5.91 Å². The van der Waals surface area contributed by atoms with Gasteiger partial charge < -0.3 is 21.5 Å². The van der Waals surface area contributed by atoms with Crippen LogP contribution in [0.5, 0.6) is 0 Å². The Morgan fingerprint density at radius 3 is 2.83 bits per heavy atom. The number of fused-ring (bicyclic) bond motifs is 1. The number of hydrogen-bond donors (Lipinski definition) is 3. The third-order valence-corrected chi connectivity index (χ3v) is 3.21. The van der Waals surface area contributed by atoms with Crippen molar-refractivity contribution < 1.29 is 9.90 Å². The van der Waals surface area contributed by atoms with Crippen molar-refractivity contribution in [2.24, 2.45) is 11.5 Å². The standard InChI is InChI=1S/C13H19N3O2/c14-4-3-11(17)8-16-12-2-1-9(7-15)5-10(12)6-13(16)18/h1-2,5,11,17H,3-4,6-8,14-15H2. The quantitative estimate of drug-likeness (QED) is 0.670. The first-order valence-corrected chi connectivity index (χ1v) is 6.16. The number of carbonyl (C=O) groups excluding carboxylic acids is 1. The highest BCUT2D eigenvalue weighted by Crippen LogP contribution is 2.29. The van der Waals surface area contributed by atoms with Crippen LogP contribution in [0.15, 0.2) is 18.2 Å². The average molecular weight is 249 g/mol. The van der Waals surface area contributed by atoms with Crippen LogP contribution in [0, 0.1) is 0 Å². The van der Waals surface area contributed by atoms with Gasteiger partial charge in [0, 0.05) is 12.2 Å². The molecule has 1 aliphatic heterocycles. The molecule has 0 radical (unpaired) electrons. The maximum atomic E-state index is 11.9. The van der Waals surface area contributed by atoms with Crippen LogP contribution in [0.25, 0.3) is 0 Å². The molecule has 0 aromatic heterocycles. The highest BCUT2D eigenvalue weighted by atomic mass is 16.3. The predicted octanol–water partition coefficient (Wildman–Crippen LogP) is -0.256. The number of rotatable bonds is 5. The maximum absolute atomic E-state index is 11.9. The molecule has 18 heavy (non-hydrogen) atoms. The molecule has 1 heterocycles. The second-order valence-corrected chi connectivity index (χ2v) is 4.58. The number of benzene rings is 1. The van der Waals surface area contributed by atoms with Gasteiger partial charge >= 0.3 is 0 Å². The Hall–Kier alpha value is -1.43. The molecule has 0 saturated carbocycles. The smallest absolute Gasteiger partial charge is 0.231 e. The normalized spacial score (nSPS) is 15.9. The zero-order valence-corrected chi connectivity index (χ0v) is 10.3. The number of carbonyl (C=O) groups is 1. The van der Waals surface area contributed by atoms with Crippen LogP contribution in [0.4, 0.5) is 5.69 Å². The first kappa shape index (κ1) is 13.0. The van der Waals surface area contributed by atoms with Gasteiger partial charge in [-0.25, -0.2) is 0 Å². The summed E-state index contributed by atoms with van der Waals surface area (Å²) >= 11 is 0. The van der Waals surface area contributed by atoms with Crippen LogP contribution >= 0.6 is 0 Å². The van der Waals surface area contributed by atoms with E-state index in [1.807, 2.05) is 18.2 Å². The van der Waals surface area contributed by atoms with E-state index in [0.717, 1.165) is 16.8 Å². The van der Waals surface area contributed by atoms with Gasteiger partial charge in [-0.3, -0.25) is 4.79 Å². The molecule has 5 N–H and O–H groups in total. The summed E-state index contributed by atoms with van der Waals surface area (Å²) in [4.78, 5) is 13.6. The van der Waals surface area contributed by atoms with E-state index < -0.39 is 6.10 Å². The average Bonchev–Trinajstić information content (AvgIpc) is 2.65. The number of aliphatic hydroxyl groups is 1. The molecule has 0 fully saturated rings. The van der Waals surface area contributed by atoms with Gasteiger partial charge in [-0.1, -0.05) is 12.1 Å². The minimum atomic E-state index is -0.570. The Balaban J connectivity index is 2.17. The number of nitrogens with two attached hydrogens (primary N) is 2. The van der Waals surface area contributed by atoms with Crippen molar-refractivity contribution in [2.75, 3.05) is 18.0 Å². The topological polar surface area (TPSA) is 92.6 Å². The molecular weight excluding hydrogens is 230 g/mol. The van der Waals surface area contributed by atoms with Crippen molar-refractivity contribution in [1.29, 1.82) is 0 Å². The lowest BCUT2D eigenvalue weighted by atomic mass is 10.1. The largest absolute Gasteiger partial charge is 0.391 e. The summed E-state index contributed by atoms with van der Waals surface area (Å²) in [5.41, 5.74) is 13.9. The third-order valence-electron chi connectivity index (χ3n) is 3.21. The fourth-order valence-corrected chi connectivity index (χ4v) is 2.26. The Morgan fingerprint density at radius 2 is 2.17 bits per heavy atom. The minimum absolute atomic E-state index is 0.0234. The van der Waals surface area contributed by atoms with E-state index in [1.165, 1.54) is 0 Å². The van der Waals surface area contributed by atoms with Crippen LogP contribution < -0.4 is 16.4 Å². The Morgan fingerprint density at radius 1 is 1.39 bits per heavy atom. The Kier molecular flexibility index (Phi) is 3.96. The third kappa shape index (κ3) is 2.53. The summed E-state index contributed by atoms with van der Waals surface area (Å²) in [5.74, 6) is 0.0234. The van der Waals surface area contributed by atoms with E-state index in [9.17, 15) is 9.90 Å². The molecule has 1 aliphatic rings. The fourth-order valence-electron chi connectivity index (χ4n) is 2.26. The van der Waals surface area contributed by atoms with E-state index >= 15 is 0 Å². The van der Waals surface area contributed by atoms with E-state index in [0.29, 0.717) is 32.5 Å². The molecule has 1 aromatic carbocycles. The number of nitrogens with zero attached hydrogens (tertiary/aromatic N) is 1. The number of β-amino-alcohol motifs (C(OH)–C–C–N with tert-alkyl or cyclic N) is 1. The lowest BCUT2D eigenvalue weighted by molar-refractivity contribution is -0.117. The first-order chi connectivity index (χ1) is 8.65. The molecule has 0 bridgehead atoms. The van der Waals surface area contributed by atoms with Gasteiger partial charge in [-0.15, -0.1) is 0 Å². The van der Waals surface area contributed by atoms with Crippen molar-refractivity contribution in [2.45, 2.75) is 25.5 Å². The lowest BCUT2D eigenvalue weighted by Crippen LogP contribution is -2.35. The minimum Gasteiger partial charge on any atom is -0.391 e. The fraction of sp³-hybridized carbons (Fsp3) is 0.462. The van der Waals surface area contributed by atoms with Crippen LogP contribution in [0.2, 0.25) is 0 Å². The molecule has 5 heteroatoms. The van der Waals surface area contributed by atoms with Gasteiger partial charge in [-0.05, 0) is 30.2 Å². The zero-order chi connectivity index (χ0) is 13.1. The summed E-state index contributed by atoms with van der Waals surface area (Å²) in [6.07, 6.45) is 0.317. The number of hydrogen-bond acceptors (Lipinski definition) is 4. The van der Waals surface area contributed by atoms with Crippen LogP contribution in [-0.2, 0) is 17.8 Å². The molecule has 1 aromatic rings. The van der Waals surface area contributed by atoms with Gasteiger partial charge in [0.25, 0.3) is 0 Å². The highest BCUT2D eigenvalue weighted by molar-refractivity contribution is 6.01. The molecule has 98 valence electrons. The predicted molar refractivity (Wildman–Crippen MR) is 70.1 cm³/mol. The van der Waals surface area contributed by atoms with Crippen LogP contribution in [0.1, 0.15) is 17.5 Å². The number of amides is 1. The molecule has 2 rings (SSSR count). The number of aliphatic hydroxyl groups excluding tert-OH is 1. The van der Waals surface area contributed by atoms with Crippen molar-refractivity contribution in [3.8, 4) is 0 Å². The monoisotopic (exact) mass is 249 g/mol. The van der Waals surface area contributed by atoms with E-state index in [-0.39, 0.29) is 5.91 Å². The van der Waals surface area contributed by atoms with E-state index in [4.69, 9.17) is 11.5 Å². The molecule has 1 amide bonds. The van der Waals surface area contributed by atoms with Crippen molar-refractivity contribution >= 4 is 11.6 Å². The van der Waals surface area contributed by atoms with E-state index in [1.54, 1.807) is 4.90 Å². The molecule has 0 aliphatic carbocycles. The summed E-state index contributed by atoms with van der Waals surface area (Å²) in [6.45, 7) is 1.20. The highest BCUT2D eigenvalue weighted by Gasteiger charge is 2.28. The molecule has 1 atom stereocenters. The van der Waals surface area contributed by atoms with Crippen LogP contribution in [-0.4, -0.2) is 30.2 Å². The van der Waals surface area contributed by atoms with E-state index in [2.05, 4.69) is 0 Å². The Bertz CT molecular complexity index is 448. The van der Waals surface area contributed by atoms with Gasteiger partial charge in [0.1, 0.15) is 0 Å². The molecule has 5 nitrogen and oxygen atoms in total. The molecule has 0 spiro atoms. The van der Waals surface area contributed by atoms with Crippen LogP contribution in [0.3, 0.4) is 0 Å². The summed E-state index contributed by atoms with van der Waals surface area (Å²) in [6, 6.07) is 5.78. The number of anilines is 1. The molecule has 0 saturated heterocycles.